The molecule has 3 heterocycles. The number of para-hydroxylation sites is 1. The Hall–Kier alpha value is -4.95. The molecule has 5 N–H and O–H groups in total. The fourth-order valence-corrected chi connectivity index (χ4v) is 5.38. The number of rotatable bonds is 7. The van der Waals surface area contributed by atoms with Crippen molar-refractivity contribution in [2.75, 3.05) is 17.2 Å². The van der Waals surface area contributed by atoms with Crippen molar-refractivity contribution in [3.63, 3.8) is 0 Å². The lowest BCUT2D eigenvalue weighted by atomic mass is 10.1. The van der Waals surface area contributed by atoms with Gasteiger partial charge in [-0.25, -0.2) is 4.99 Å². The number of nitrogens with two attached hydrogens (primary N) is 1. The molecule has 11 heteroatoms. The van der Waals surface area contributed by atoms with Gasteiger partial charge in [-0.3, -0.25) is 19.9 Å². The molecule has 0 bridgehead atoms. The predicted octanol–water partition coefficient (Wildman–Crippen LogP) is 4.17. The normalized spacial score (nSPS) is 15.1. The summed E-state index contributed by atoms with van der Waals surface area (Å²) in [5.41, 5.74) is 9.33. The maximum atomic E-state index is 13.2. The van der Waals surface area contributed by atoms with E-state index in [2.05, 4.69) is 25.9 Å². The van der Waals surface area contributed by atoms with Crippen molar-refractivity contribution >= 4 is 57.1 Å². The van der Waals surface area contributed by atoms with E-state index < -0.39 is 11.9 Å². The number of hydrogen-bond acceptors (Lipinski definition) is 7. The van der Waals surface area contributed by atoms with E-state index in [4.69, 9.17) is 5.73 Å². The Morgan fingerprint density at radius 3 is 2.90 bits per heavy atom. The van der Waals surface area contributed by atoms with Crippen molar-refractivity contribution in [2.45, 2.75) is 25.4 Å². The van der Waals surface area contributed by atoms with Gasteiger partial charge in [0.05, 0.1) is 16.9 Å². The third kappa shape index (κ3) is 5.81. The molecule has 1 saturated heterocycles. The minimum absolute atomic E-state index is 0.246. The number of amides is 2. The molecular formula is C28H26N8O2S. The quantitative estimate of drug-likeness (QED) is 0.119. The van der Waals surface area contributed by atoms with Gasteiger partial charge in [-0.15, -0.1) is 11.3 Å². The molecule has 1 fully saturated rings. The zero-order valence-corrected chi connectivity index (χ0v) is 21.7. The molecule has 2 aromatic carbocycles. The van der Waals surface area contributed by atoms with Crippen LogP contribution in [0.4, 0.5) is 17.1 Å². The summed E-state index contributed by atoms with van der Waals surface area (Å²) in [7, 11) is 0. The molecule has 1 aliphatic heterocycles. The third-order valence-corrected chi connectivity index (χ3v) is 7.35. The Morgan fingerprint density at radius 1 is 1.18 bits per heavy atom. The fraction of sp³-hybridized carbons (Fsp3) is 0.179. The first kappa shape index (κ1) is 25.7. The largest absolute Gasteiger partial charge is 0.380 e. The van der Waals surface area contributed by atoms with E-state index in [1.165, 1.54) is 11.3 Å². The molecule has 1 atom stereocenters. The van der Waals surface area contributed by atoms with Crippen LogP contribution in [0, 0.1) is 11.5 Å². The number of nitriles is 1. The number of aromatic nitrogens is 1. The Morgan fingerprint density at radius 2 is 2.05 bits per heavy atom. The predicted molar refractivity (Wildman–Crippen MR) is 153 cm³/mol. The van der Waals surface area contributed by atoms with Crippen LogP contribution < -0.4 is 21.7 Å². The van der Waals surface area contributed by atoms with Crippen molar-refractivity contribution in [2.24, 2.45) is 10.7 Å². The van der Waals surface area contributed by atoms with Crippen molar-refractivity contribution in [1.82, 2.24) is 15.2 Å². The molecular weight excluding hydrogens is 512 g/mol. The second kappa shape index (κ2) is 11.6. The van der Waals surface area contributed by atoms with Crippen LogP contribution >= 0.6 is 11.3 Å². The molecule has 4 aromatic rings. The third-order valence-electron chi connectivity index (χ3n) is 6.44. The van der Waals surface area contributed by atoms with E-state index in [1.54, 1.807) is 35.4 Å². The Labute approximate surface area is 229 Å². The minimum atomic E-state index is -0.526. The van der Waals surface area contributed by atoms with Crippen LogP contribution in [0.2, 0.25) is 0 Å². The average molecular weight is 539 g/mol. The summed E-state index contributed by atoms with van der Waals surface area (Å²) in [6.45, 7) is 1.10. The summed E-state index contributed by atoms with van der Waals surface area (Å²) in [6.07, 6.45) is 5.03. The first-order chi connectivity index (χ1) is 19.0. The number of carbonyl (C=O) groups excluding carboxylic acids is 2. The number of primary amides is 1. The van der Waals surface area contributed by atoms with Gasteiger partial charge in [-0.05, 0) is 60.2 Å². The molecule has 0 unspecified atom stereocenters. The number of likely N-dealkylation sites (tertiary alicyclic amines) is 1. The highest BCUT2D eigenvalue weighted by Gasteiger charge is 2.31. The molecule has 1 aliphatic rings. The van der Waals surface area contributed by atoms with Crippen LogP contribution in [0.25, 0.3) is 10.9 Å². The van der Waals surface area contributed by atoms with Gasteiger partial charge in [0, 0.05) is 30.4 Å². The number of carbonyl (C=O) groups is 2. The van der Waals surface area contributed by atoms with Crippen molar-refractivity contribution < 1.29 is 9.59 Å². The Balaban J connectivity index is 1.30. The monoisotopic (exact) mass is 538 g/mol. The summed E-state index contributed by atoms with van der Waals surface area (Å²) in [4.78, 5) is 36.2. The topological polar surface area (TPSA) is 149 Å². The van der Waals surface area contributed by atoms with E-state index in [0.717, 1.165) is 28.6 Å². The maximum Gasteiger partial charge on any atom is 0.267 e. The van der Waals surface area contributed by atoms with Gasteiger partial charge < -0.3 is 21.3 Å². The van der Waals surface area contributed by atoms with Gasteiger partial charge in [0.1, 0.15) is 10.9 Å². The minimum Gasteiger partial charge on any atom is -0.380 e. The number of benzene rings is 2. The second-order valence-corrected chi connectivity index (χ2v) is 9.85. The zero-order valence-electron chi connectivity index (χ0n) is 20.9. The average Bonchev–Trinajstić information content (AvgIpc) is 3.62. The van der Waals surface area contributed by atoms with Gasteiger partial charge in [-0.2, -0.15) is 5.26 Å². The number of fused-ring (bicyclic) bond motifs is 1. The van der Waals surface area contributed by atoms with Crippen molar-refractivity contribution in [3.05, 3.63) is 82.7 Å². The number of pyridine rings is 1. The SMILES string of the molecule is N#CNC(=Nc1cccc(NC(=O)c2sccc2NCc2ccnc3ccccc23)c1)N1CCC[C@H]1C(N)=O. The molecule has 0 spiro atoms. The number of aliphatic imine (C=N–C) groups is 1. The summed E-state index contributed by atoms with van der Waals surface area (Å²) in [5, 5.41) is 21.0. The summed E-state index contributed by atoms with van der Waals surface area (Å²) < 4.78 is 0. The highest BCUT2D eigenvalue weighted by atomic mass is 32.1. The van der Waals surface area contributed by atoms with Crippen LogP contribution in [0.1, 0.15) is 28.1 Å². The molecule has 196 valence electrons. The summed E-state index contributed by atoms with van der Waals surface area (Å²) in [5.74, 6) is -0.467. The summed E-state index contributed by atoms with van der Waals surface area (Å²) in [6, 6.07) is 18.3. The van der Waals surface area contributed by atoms with Gasteiger partial charge >= 0.3 is 0 Å². The highest BCUT2D eigenvalue weighted by Crippen LogP contribution is 2.27. The molecule has 0 radical (unpaired) electrons. The second-order valence-electron chi connectivity index (χ2n) is 8.93. The van der Waals surface area contributed by atoms with E-state index in [0.29, 0.717) is 35.8 Å². The number of thiophene rings is 1. The van der Waals surface area contributed by atoms with Gasteiger partial charge in [0.15, 0.2) is 6.19 Å². The highest BCUT2D eigenvalue weighted by molar-refractivity contribution is 7.12. The number of guanidine groups is 1. The number of nitrogens with zero attached hydrogens (tertiary/aromatic N) is 4. The molecule has 2 amide bonds. The summed E-state index contributed by atoms with van der Waals surface area (Å²) >= 11 is 1.35. The van der Waals surface area contributed by atoms with E-state index in [1.807, 2.05) is 48.0 Å². The van der Waals surface area contributed by atoms with E-state index in [9.17, 15) is 14.9 Å². The molecule has 10 nitrogen and oxygen atoms in total. The van der Waals surface area contributed by atoms with Crippen LogP contribution in [0.5, 0.6) is 0 Å². The lowest BCUT2D eigenvalue weighted by Gasteiger charge is -2.24. The van der Waals surface area contributed by atoms with Crippen LogP contribution in [0.3, 0.4) is 0 Å². The Bertz CT molecular complexity index is 1590. The Kier molecular flexibility index (Phi) is 7.65. The lowest BCUT2D eigenvalue weighted by Crippen LogP contribution is -2.47. The zero-order chi connectivity index (χ0) is 27.2. The molecule has 39 heavy (non-hydrogen) atoms. The van der Waals surface area contributed by atoms with Gasteiger partial charge in [0.2, 0.25) is 11.9 Å². The van der Waals surface area contributed by atoms with Crippen LogP contribution in [-0.2, 0) is 11.3 Å². The fourth-order valence-electron chi connectivity index (χ4n) is 4.62. The first-order valence-corrected chi connectivity index (χ1v) is 13.3. The van der Waals surface area contributed by atoms with Crippen molar-refractivity contribution in [3.8, 4) is 6.19 Å². The van der Waals surface area contributed by atoms with E-state index in [-0.39, 0.29) is 11.9 Å². The molecule has 0 saturated carbocycles. The lowest BCUT2D eigenvalue weighted by molar-refractivity contribution is -0.121. The smallest absolute Gasteiger partial charge is 0.267 e. The van der Waals surface area contributed by atoms with Crippen LogP contribution in [-0.4, -0.2) is 40.2 Å². The van der Waals surface area contributed by atoms with Crippen molar-refractivity contribution in [1.29, 1.82) is 5.26 Å². The molecule has 5 rings (SSSR count). The van der Waals surface area contributed by atoms with Gasteiger partial charge in [0.25, 0.3) is 5.91 Å². The maximum absolute atomic E-state index is 13.2. The molecule has 0 aliphatic carbocycles. The number of nitrogens with one attached hydrogen (secondary N) is 3. The molecule has 2 aromatic heterocycles. The standard InChI is InChI=1S/C28H26N8O2S/c29-17-33-28(36-13-4-9-24(36)26(30)37)35-20-6-3-5-19(15-20)34-27(38)25-23(11-14-39-25)32-16-18-10-12-31-22-8-2-1-7-21(18)22/h1-3,5-8,10-12,14-15,24,32H,4,9,13,16H2,(H2,30,37)(H,33,35)(H,34,38)/t24-/m0/s1. The number of hydrogen-bond donors (Lipinski definition) is 4. The van der Waals surface area contributed by atoms with E-state index >= 15 is 0 Å². The number of anilines is 2. The van der Waals surface area contributed by atoms with Crippen LogP contribution in [0.15, 0.2) is 77.2 Å². The first-order valence-electron chi connectivity index (χ1n) is 12.4. The van der Waals surface area contributed by atoms with Gasteiger partial charge in [-0.1, -0.05) is 24.3 Å².